The zero-order valence-corrected chi connectivity index (χ0v) is 20.5. The minimum Gasteiger partial charge on any atom is -0.0533 e. The van der Waals surface area contributed by atoms with Gasteiger partial charge in [0.05, 0.1) is 0 Å². The smallest absolute Gasteiger partial charge is 0.0533 e. The van der Waals surface area contributed by atoms with Crippen molar-refractivity contribution in [3.05, 3.63) is 0 Å². The molecule has 0 unspecified atom stereocenters. The Hall–Kier alpha value is 0. The average Bonchev–Trinajstić information content (AvgIpc) is 2.73. The molecule has 174 valence electrons. The molecular weight excluding hydrogens is 348 g/mol. The van der Waals surface area contributed by atoms with E-state index in [2.05, 4.69) is 0 Å². The highest BCUT2D eigenvalue weighted by atomic mass is 14.0. The van der Waals surface area contributed by atoms with Gasteiger partial charge in [0.1, 0.15) is 0 Å². The first-order chi connectivity index (χ1) is 14.5. The van der Waals surface area contributed by atoms with Crippen LogP contribution in [0, 0.1) is 0 Å². The van der Waals surface area contributed by atoms with Gasteiger partial charge in [-0.3, -0.25) is 0 Å². The lowest BCUT2D eigenvalue weighted by molar-refractivity contribution is 0.516. The van der Waals surface area contributed by atoms with Crippen LogP contribution in [0.4, 0.5) is 0 Å². The molecule has 1 aliphatic carbocycles. The number of hydrogen-bond acceptors (Lipinski definition) is 0. The quantitative estimate of drug-likeness (QED) is 0.375. The molecule has 0 saturated heterocycles. The normalized spacial score (nSPS) is 24.0. The molecule has 0 N–H and O–H groups in total. The van der Waals surface area contributed by atoms with Crippen molar-refractivity contribution in [2.45, 2.75) is 186 Å². The minimum atomic E-state index is 1.50. The fourth-order valence-corrected chi connectivity index (χ4v) is 5.13. The van der Waals surface area contributed by atoms with Crippen molar-refractivity contribution in [3.63, 3.8) is 0 Å². The Morgan fingerprint density at radius 1 is 0.0690 bits per heavy atom. The Balaban J connectivity index is 2.00. The van der Waals surface area contributed by atoms with Crippen molar-refractivity contribution < 1.29 is 0 Å². The van der Waals surface area contributed by atoms with Crippen molar-refractivity contribution in [1.82, 2.24) is 0 Å². The molecule has 1 aliphatic rings. The first-order valence-electron chi connectivity index (χ1n) is 14.5. The van der Waals surface area contributed by atoms with Crippen LogP contribution in [0.15, 0.2) is 0 Å². The summed E-state index contributed by atoms with van der Waals surface area (Å²) >= 11 is 0. The third-order valence-corrected chi connectivity index (χ3v) is 7.25. The summed E-state index contributed by atoms with van der Waals surface area (Å²) in [6.45, 7) is 0. The predicted octanol–water partition coefficient (Wildman–Crippen LogP) is 11.3. The second kappa shape index (κ2) is 24.3. The maximum Gasteiger partial charge on any atom is -0.0533 e. The van der Waals surface area contributed by atoms with Crippen LogP contribution in [0.1, 0.15) is 186 Å². The minimum absolute atomic E-state index is 1.50. The van der Waals surface area contributed by atoms with E-state index >= 15 is 0 Å². The summed E-state index contributed by atoms with van der Waals surface area (Å²) in [5.41, 5.74) is 0. The van der Waals surface area contributed by atoms with Gasteiger partial charge in [0.2, 0.25) is 0 Å². The van der Waals surface area contributed by atoms with Gasteiger partial charge in [-0.25, -0.2) is 0 Å². The van der Waals surface area contributed by atoms with Gasteiger partial charge < -0.3 is 0 Å². The topological polar surface area (TPSA) is 0 Å². The van der Waals surface area contributed by atoms with E-state index in [1.165, 1.54) is 186 Å². The highest BCUT2D eigenvalue weighted by Crippen LogP contribution is 2.17. The molecule has 0 bridgehead atoms. The lowest BCUT2D eigenvalue weighted by Gasteiger charge is -2.04. The summed E-state index contributed by atoms with van der Waals surface area (Å²) in [7, 11) is 0. The standard InChI is InChI=1S/C29H58/c1-2-4-6-8-10-12-14-16-18-20-22-24-26-28-29-27-25-23-21-19-17-15-13-11-9-7-5-3-1/h1-29H2. The first kappa shape index (κ1) is 27.0. The molecule has 0 nitrogen and oxygen atoms in total. The molecule has 0 heteroatoms. The maximum absolute atomic E-state index is 1.50. The van der Waals surface area contributed by atoms with Crippen LogP contribution in [0.2, 0.25) is 0 Å². The fraction of sp³-hybridized carbons (Fsp3) is 1.00. The Labute approximate surface area is 186 Å². The van der Waals surface area contributed by atoms with Crippen LogP contribution in [0.3, 0.4) is 0 Å². The first-order valence-corrected chi connectivity index (χ1v) is 14.5. The maximum atomic E-state index is 1.50. The van der Waals surface area contributed by atoms with Gasteiger partial charge in [0.25, 0.3) is 0 Å². The van der Waals surface area contributed by atoms with Gasteiger partial charge in [-0.05, 0) is 0 Å². The third kappa shape index (κ3) is 22.5. The molecule has 0 aliphatic heterocycles. The average molecular weight is 407 g/mol. The van der Waals surface area contributed by atoms with E-state index in [0.717, 1.165) is 0 Å². The number of rotatable bonds is 0. The Morgan fingerprint density at radius 2 is 0.103 bits per heavy atom. The number of hydrogen-bond donors (Lipinski definition) is 0. The van der Waals surface area contributed by atoms with Crippen LogP contribution < -0.4 is 0 Å². The molecule has 0 spiro atoms. The zero-order chi connectivity index (χ0) is 20.5. The molecule has 0 atom stereocenters. The molecule has 1 saturated carbocycles. The van der Waals surface area contributed by atoms with Gasteiger partial charge in [0.15, 0.2) is 0 Å². The van der Waals surface area contributed by atoms with E-state index < -0.39 is 0 Å². The van der Waals surface area contributed by atoms with Gasteiger partial charge >= 0.3 is 0 Å². The third-order valence-electron chi connectivity index (χ3n) is 7.25. The summed E-state index contributed by atoms with van der Waals surface area (Å²) in [6.07, 6.45) is 43.5. The summed E-state index contributed by atoms with van der Waals surface area (Å²) in [5.74, 6) is 0. The molecule has 0 aromatic heterocycles. The van der Waals surface area contributed by atoms with Crippen molar-refractivity contribution in [2.24, 2.45) is 0 Å². The predicted molar refractivity (Wildman–Crippen MR) is 134 cm³/mol. The lowest BCUT2D eigenvalue weighted by atomic mass is 10.0. The highest BCUT2D eigenvalue weighted by Gasteiger charge is 1.97. The summed E-state index contributed by atoms with van der Waals surface area (Å²) in [5, 5.41) is 0. The largest absolute Gasteiger partial charge is 0.0533 e. The van der Waals surface area contributed by atoms with Gasteiger partial charge in [-0.2, -0.15) is 0 Å². The van der Waals surface area contributed by atoms with E-state index in [4.69, 9.17) is 0 Å². The van der Waals surface area contributed by atoms with Crippen LogP contribution in [0.25, 0.3) is 0 Å². The molecule has 0 amide bonds. The van der Waals surface area contributed by atoms with E-state index in [1.54, 1.807) is 0 Å². The Kier molecular flexibility index (Phi) is 22.6. The second-order valence-electron chi connectivity index (χ2n) is 10.3. The van der Waals surface area contributed by atoms with Crippen LogP contribution in [-0.2, 0) is 0 Å². The fourth-order valence-electron chi connectivity index (χ4n) is 5.13. The molecule has 0 radical (unpaired) electrons. The van der Waals surface area contributed by atoms with Crippen molar-refractivity contribution in [3.8, 4) is 0 Å². The molecular formula is C29H58. The van der Waals surface area contributed by atoms with Gasteiger partial charge in [-0.1, -0.05) is 186 Å². The van der Waals surface area contributed by atoms with Gasteiger partial charge in [-0.15, -0.1) is 0 Å². The van der Waals surface area contributed by atoms with Crippen molar-refractivity contribution >= 4 is 0 Å². The van der Waals surface area contributed by atoms with Gasteiger partial charge in [0, 0.05) is 0 Å². The van der Waals surface area contributed by atoms with E-state index in [-0.39, 0.29) is 0 Å². The van der Waals surface area contributed by atoms with Crippen molar-refractivity contribution in [2.75, 3.05) is 0 Å². The Morgan fingerprint density at radius 3 is 0.138 bits per heavy atom. The summed E-state index contributed by atoms with van der Waals surface area (Å²) in [4.78, 5) is 0. The Bertz CT molecular complexity index is 141. The van der Waals surface area contributed by atoms with Crippen LogP contribution in [0.5, 0.6) is 0 Å². The second-order valence-corrected chi connectivity index (χ2v) is 10.3. The summed E-state index contributed by atoms with van der Waals surface area (Å²) < 4.78 is 0. The van der Waals surface area contributed by atoms with E-state index in [9.17, 15) is 0 Å². The van der Waals surface area contributed by atoms with E-state index in [0.29, 0.717) is 0 Å². The zero-order valence-electron chi connectivity index (χ0n) is 20.5. The molecule has 0 heterocycles. The molecule has 0 aromatic rings. The molecule has 1 rings (SSSR count). The van der Waals surface area contributed by atoms with E-state index in [1.807, 2.05) is 0 Å². The highest BCUT2D eigenvalue weighted by molar-refractivity contribution is 4.53. The molecule has 29 heavy (non-hydrogen) atoms. The van der Waals surface area contributed by atoms with Crippen LogP contribution in [-0.4, -0.2) is 0 Å². The van der Waals surface area contributed by atoms with Crippen molar-refractivity contribution in [1.29, 1.82) is 0 Å². The lowest BCUT2D eigenvalue weighted by Crippen LogP contribution is -1.84. The van der Waals surface area contributed by atoms with Crippen LogP contribution >= 0.6 is 0 Å². The molecule has 1 fully saturated rings. The monoisotopic (exact) mass is 406 g/mol. The summed E-state index contributed by atoms with van der Waals surface area (Å²) in [6, 6.07) is 0. The SMILES string of the molecule is C1CCCCCCCCCCCCCCCCCCCCCCCCCCCC1. The molecule has 0 aromatic carbocycles.